The zero-order valence-corrected chi connectivity index (χ0v) is 16.1. The van der Waals surface area contributed by atoms with Crippen molar-refractivity contribution in [2.75, 3.05) is 47.8 Å². The van der Waals surface area contributed by atoms with Crippen molar-refractivity contribution < 1.29 is 14.2 Å². The fourth-order valence-corrected chi connectivity index (χ4v) is 2.86. The molecule has 0 aliphatic heterocycles. The van der Waals surface area contributed by atoms with Crippen molar-refractivity contribution in [2.24, 2.45) is 0 Å². The standard InChI is InChI=1S/C20H32N2O3/c1-5-6-12-25-18-8-7-16(10-13-24-15-23-4)20-19(18)17(14-21-20)9-11-22(2)3/h7-8,14,21H,5-6,9-13,15H2,1-4H3. The van der Waals surface area contributed by atoms with Crippen molar-refractivity contribution in [3.63, 3.8) is 0 Å². The lowest BCUT2D eigenvalue weighted by atomic mass is 10.0. The van der Waals surface area contributed by atoms with Crippen LogP contribution in [0, 0.1) is 0 Å². The molecule has 1 aromatic carbocycles. The summed E-state index contributed by atoms with van der Waals surface area (Å²) < 4.78 is 16.5. The number of hydrogen-bond donors (Lipinski definition) is 1. The molecule has 0 amide bonds. The lowest BCUT2D eigenvalue weighted by molar-refractivity contribution is -0.0290. The minimum absolute atomic E-state index is 0.333. The molecular weight excluding hydrogens is 316 g/mol. The van der Waals surface area contributed by atoms with Crippen LogP contribution in [0.2, 0.25) is 0 Å². The summed E-state index contributed by atoms with van der Waals surface area (Å²) in [5.74, 6) is 0.986. The van der Waals surface area contributed by atoms with Crippen LogP contribution in [0.15, 0.2) is 18.3 Å². The fraction of sp³-hybridized carbons (Fsp3) is 0.600. The van der Waals surface area contributed by atoms with E-state index in [-0.39, 0.29) is 0 Å². The van der Waals surface area contributed by atoms with Crippen LogP contribution in [-0.2, 0) is 22.3 Å². The molecule has 5 heteroatoms. The molecule has 1 N–H and O–H groups in total. The van der Waals surface area contributed by atoms with Gasteiger partial charge in [-0.3, -0.25) is 0 Å². The van der Waals surface area contributed by atoms with Gasteiger partial charge in [-0.1, -0.05) is 19.4 Å². The molecule has 1 heterocycles. The first-order chi connectivity index (χ1) is 12.2. The van der Waals surface area contributed by atoms with Gasteiger partial charge in [0.05, 0.1) is 18.7 Å². The number of likely N-dealkylation sites (N-methyl/N-ethyl adjacent to an activating group) is 1. The maximum atomic E-state index is 6.08. The average Bonchev–Trinajstić information content (AvgIpc) is 3.03. The van der Waals surface area contributed by atoms with Crippen molar-refractivity contribution in [3.8, 4) is 5.75 Å². The summed E-state index contributed by atoms with van der Waals surface area (Å²) in [4.78, 5) is 5.67. The zero-order valence-electron chi connectivity index (χ0n) is 16.1. The Kier molecular flexibility index (Phi) is 8.25. The molecule has 0 atom stereocenters. The van der Waals surface area contributed by atoms with Gasteiger partial charge in [-0.15, -0.1) is 0 Å². The van der Waals surface area contributed by atoms with Crippen molar-refractivity contribution in [2.45, 2.75) is 32.6 Å². The molecule has 2 rings (SSSR count). The molecule has 1 aromatic heterocycles. The van der Waals surface area contributed by atoms with Gasteiger partial charge in [-0.05, 0) is 50.6 Å². The Morgan fingerprint density at radius 1 is 1.08 bits per heavy atom. The molecule has 0 bridgehead atoms. The van der Waals surface area contributed by atoms with E-state index < -0.39 is 0 Å². The Labute approximate surface area is 151 Å². The van der Waals surface area contributed by atoms with E-state index in [0.29, 0.717) is 13.4 Å². The highest BCUT2D eigenvalue weighted by molar-refractivity contribution is 5.91. The van der Waals surface area contributed by atoms with Gasteiger partial charge < -0.3 is 24.1 Å². The lowest BCUT2D eigenvalue weighted by Gasteiger charge is -2.13. The second-order valence-electron chi connectivity index (χ2n) is 6.61. The van der Waals surface area contributed by atoms with Gasteiger partial charge in [0.2, 0.25) is 0 Å². The first-order valence-electron chi connectivity index (χ1n) is 9.13. The number of fused-ring (bicyclic) bond motifs is 1. The van der Waals surface area contributed by atoms with Crippen LogP contribution in [0.5, 0.6) is 5.75 Å². The van der Waals surface area contributed by atoms with E-state index >= 15 is 0 Å². The zero-order chi connectivity index (χ0) is 18.1. The van der Waals surface area contributed by atoms with Crippen LogP contribution >= 0.6 is 0 Å². The number of rotatable bonds is 12. The van der Waals surface area contributed by atoms with Crippen molar-refractivity contribution >= 4 is 10.9 Å². The quantitative estimate of drug-likeness (QED) is 0.470. The molecule has 0 saturated heterocycles. The molecular formula is C20H32N2O3. The van der Waals surface area contributed by atoms with Crippen LogP contribution < -0.4 is 4.74 Å². The maximum absolute atomic E-state index is 6.08. The first kappa shape index (κ1) is 19.8. The number of aromatic amines is 1. The van der Waals surface area contributed by atoms with E-state index in [4.69, 9.17) is 14.2 Å². The summed E-state index contributed by atoms with van der Waals surface area (Å²) in [6.45, 7) is 4.94. The predicted octanol–water partition coefficient (Wildman–Crippen LogP) is 3.61. The van der Waals surface area contributed by atoms with E-state index in [1.54, 1.807) is 7.11 Å². The van der Waals surface area contributed by atoms with E-state index in [1.807, 2.05) is 0 Å². The molecule has 0 aliphatic carbocycles. The number of nitrogens with zero attached hydrogens (tertiary/aromatic N) is 1. The molecule has 0 unspecified atom stereocenters. The summed E-state index contributed by atoms with van der Waals surface area (Å²) in [6.07, 6.45) is 6.19. The molecule has 0 fully saturated rings. The number of methoxy groups -OCH3 is 1. The third kappa shape index (κ3) is 5.73. The van der Waals surface area contributed by atoms with E-state index in [0.717, 1.165) is 44.6 Å². The van der Waals surface area contributed by atoms with Gasteiger partial charge in [0.1, 0.15) is 12.5 Å². The number of H-pyrrole nitrogens is 1. The minimum atomic E-state index is 0.333. The van der Waals surface area contributed by atoms with Crippen molar-refractivity contribution in [1.29, 1.82) is 0 Å². The normalized spacial score (nSPS) is 11.6. The Hall–Kier alpha value is -1.56. The third-order valence-corrected chi connectivity index (χ3v) is 4.27. The Balaban J connectivity index is 2.24. The summed E-state index contributed by atoms with van der Waals surface area (Å²) in [5.41, 5.74) is 3.74. The lowest BCUT2D eigenvalue weighted by Crippen LogP contribution is -2.15. The monoisotopic (exact) mass is 348 g/mol. The topological polar surface area (TPSA) is 46.7 Å². The number of nitrogens with one attached hydrogen (secondary N) is 1. The Morgan fingerprint density at radius 3 is 2.64 bits per heavy atom. The molecule has 0 aliphatic rings. The first-order valence-corrected chi connectivity index (χ1v) is 9.13. The highest BCUT2D eigenvalue weighted by atomic mass is 16.7. The molecule has 0 saturated carbocycles. The fourth-order valence-electron chi connectivity index (χ4n) is 2.86. The summed E-state index contributed by atoms with van der Waals surface area (Å²) >= 11 is 0. The Morgan fingerprint density at radius 2 is 1.92 bits per heavy atom. The highest BCUT2D eigenvalue weighted by Gasteiger charge is 2.14. The van der Waals surface area contributed by atoms with E-state index in [2.05, 4.69) is 49.2 Å². The Bertz CT molecular complexity index is 637. The molecule has 140 valence electrons. The smallest absolute Gasteiger partial charge is 0.146 e. The van der Waals surface area contributed by atoms with Gasteiger partial charge in [0.25, 0.3) is 0 Å². The van der Waals surface area contributed by atoms with Crippen LogP contribution in [0.3, 0.4) is 0 Å². The molecule has 0 radical (unpaired) electrons. The van der Waals surface area contributed by atoms with Crippen LogP contribution in [0.1, 0.15) is 30.9 Å². The second-order valence-corrected chi connectivity index (χ2v) is 6.61. The van der Waals surface area contributed by atoms with Gasteiger partial charge in [-0.25, -0.2) is 0 Å². The maximum Gasteiger partial charge on any atom is 0.146 e. The van der Waals surface area contributed by atoms with Crippen molar-refractivity contribution in [3.05, 3.63) is 29.5 Å². The predicted molar refractivity (Wildman–Crippen MR) is 102 cm³/mol. The largest absolute Gasteiger partial charge is 0.493 e. The summed E-state index contributed by atoms with van der Waals surface area (Å²) in [5, 5.41) is 1.22. The number of unbranched alkanes of at least 4 members (excludes halogenated alkanes) is 1. The van der Waals surface area contributed by atoms with E-state index in [1.165, 1.54) is 22.0 Å². The highest BCUT2D eigenvalue weighted by Crippen LogP contribution is 2.32. The van der Waals surface area contributed by atoms with Gasteiger partial charge in [0, 0.05) is 25.2 Å². The molecule has 2 aromatic rings. The van der Waals surface area contributed by atoms with E-state index in [9.17, 15) is 0 Å². The van der Waals surface area contributed by atoms with Crippen LogP contribution in [0.4, 0.5) is 0 Å². The molecule has 25 heavy (non-hydrogen) atoms. The number of benzene rings is 1. The van der Waals surface area contributed by atoms with Crippen LogP contribution in [0.25, 0.3) is 10.9 Å². The number of hydrogen-bond acceptors (Lipinski definition) is 4. The van der Waals surface area contributed by atoms with Crippen LogP contribution in [-0.4, -0.2) is 57.6 Å². The summed E-state index contributed by atoms with van der Waals surface area (Å²) in [7, 11) is 5.85. The molecule has 5 nitrogen and oxygen atoms in total. The van der Waals surface area contributed by atoms with Gasteiger partial charge in [-0.2, -0.15) is 0 Å². The number of aromatic nitrogens is 1. The van der Waals surface area contributed by atoms with Gasteiger partial charge in [0.15, 0.2) is 0 Å². The summed E-state index contributed by atoms with van der Waals surface area (Å²) in [6, 6.07) is 4.25. The number of ether oxygens (including phenoxy) is 3. The third-order valence-electron chi connectivity index (χ3n) is 4.27. The SMILES string of the molecule is CCCCOc1ccc(CCOCOC)c2[nH]cc(CCN(C)C)c12. The van der Waals surface area contributed by atoms with Crippen molar-refractivity contribution in [1.82, 2.24) is 9.88 Å². The minimum Gasteiger partial charge on any atom is -0.493 e. The van der Waals surface area contributed by atoms with Gasteiger partial charge >= 0.3 is 0 Å². The second kappa shape index (κ2) is 10.4. The molecule has 0 spiro atoms. The average molecular weight is 348 g/mol.